The van der Waals surface area contributed by atoms with Gasteiger partial charge in [-0.1, -0.05) is 29.8 Å². The average molecular weight is 376 g/mol. The highest BCUT2D eigenvalue weighted by Gasteiger charge is 2.20. The number of hydrogen-bond acceptors (Lipinski definition) is 5. The van der Waals surface area contributed by atoms with Crippen LogP contribution in [0.4, 0.5) is 10.2 Å². The standard InChI is InChI=1S/C20H11ClFN5/c21-13-4-1-5-14(22)17(13)19-18(26-16(10-23)20(24)27-19)12-6-7-15-11(9-12)3-2-8-25-15/h1-9H,(H2,24,27). The van der Waals surface area contributed by atoms with Gasteiger partial charge in [-0.3, -0.25) is 4.98 Å². The minimum Gasteiger partial charge on any atom is -0.381 e. The topological polar surface area (TPSA) is 88.5 Å². The van der Waals surface area contributed by atoms with Crippen LogP contribution in [0.15, 0.2) is 54.7 Å². The highest BCUT2D eigenvalue weighted by atomic mass is 35.5. The lowest BCUT2D eigenvalue weighted by atomic mass is 10.0. The maximum Gasteiger partial charge on any atom is 0.183 e. The van der Waals surface area contributed by atoms with Crippen molar-refractivity contribution in [2.75, 3.05) is 5.73 Å². The molecular weight excluding hydrogens is 365 g/mol. The minimum atomic E-state index is -0.551. The molecule has 7 heteroatoms. The summed E-state index contributed by atoms with van der Waals surface area (Å²) in [6.45, 7) is 0. The summed E-state index contributed by atoms with van der Waals surface area (Å²) in [5, 5.41) is 10.3. The molecule has 130 valence electrons. The number of benzene rings is 2. The van der Waals surface area contributed by atoms with Crippen LogP contribution in [-0.2, 0) is 0 Å². The van der Waals surface area contributed by atoms with Crippen molar-refractivity contribution in [2.24, 2.45) is 0 Å². The molecule has 0 aliphatic heterocycles. The van der Waals surface area contributed by atoms with Crippen LogP contribution in [-0.4, -0.2) is 15.0 Å². The molecule has 4 aromatic rings. The molecule has 0 radical (unpaired) electrons. The van der Waals surface area contributed by atoms with Gasteiger partial charge in [-0.25, -0.2) is 14.4 Å². The van der Waals surface area contributed by atoms with E-state index in [1.165, 1.54) is 12.1 Å². The second-order valence-electron chi connectivity index (χ2n) is 5.77. The van der Waals surface area contributed by atoms with E-state index in [4.69, 9.17) is 17.3 Å². The van der Waals surface area contributed by atoms with Crippen LogP contribution in [0.5, 0.6) is 0 Å². The first-order valence-corrected chi connectivity index (χ1v) is 8.33. The van der Waals surface area contributed by atoms with Gasteiger partial charge in [-0.05, 0) is 30.3 Å². The van der Waals surface area contributed by atoms with E-state index in [1.54, 1.807) is 18.3 Å². The summed E-state index contributed by atoms with van der Waals surface area (Å²) in [4.78, 5) is 12.9. The van der Waals surface area contributed by atoms with E-state index in [0.29, 0.717) is 11.3 Å². The normalized spacial score (nSPS) is 10.7. The van der Waals surface area contributed by atoms with E-state index in [-0.39, 0.29) is 27.8 Å². The SMILES string of the molecule is N#Cc1nc(-c2ccc3ncccc3c2)c(-c2c(F)cccc2Cl)nc1N. The first-order valence-electron chi connectivity index (χ1n) is 7.95. The third kappa shape index (κ3) is 2.94. The van der Waals surface area contributed by atoms with Gasteiger partial charge in [0.2, 0.25) is 0 Å². The first-order chi connectivity index (χ1) is 13.1. The molecule has 2 aromatic heterocycles. The van der Waals surface area contributed by atoms with Crippen molar-refractivity contribution in [2.45, 2.75) is 0 Å². The Balaban J connectivity index is 2.05. The van der Waals surface area contributed by atoms with E-state index in [0.717, 1.165) is 10.9 Å². The van der Waals surface area contributed by atoms with Gasteiger partial charge in [0.15, 0.2) is 11.5 Å². The predicted octanol–water partition coefficient (Wildman–Crippen LogP) is 4.61. The highest BCUT2D eigenvalue weighted by molar-refractivity contribution is 6.33. The smallest absolute Gasteiger partial charge is 0.183 e. The number of nitrogens with two attached hydrogens (primary N) is 1. The van der Waals surface area contributed by atoms with Gasteiger partial charge in [0, 0.05) is 17.1 Å². The third-order valence-electron chi connectivity index (χ3n) is 4.10. The zero-order valence-corrected chi connectivity index (χ0v) is 14.6. The quantitative estimate of drug-likeness (QED) is 0.552. The Bertz CT molecular complexity index is 1210. The summed E-state index contributed by atoms with van der Waals surface area (Å²) in [7, 11) is 0. The van der Waals surface area contributed by atoms with Crippen LogP contribution < -0.4 is 5.73 Å². The van der Waals surface area contributed by atoms with Gasteiger partial charge in [0.25, 0.3) is 0 Å². The molecule has 2 heterocycles. The number of nitrogen functional groups attached to an aromatic ring is 1. The van der Waals surface area contributed by atoms with E-state index in [1.807, 2.05) is 30.3 Å². The van der Waals surface area contributed by atoms with E-state index < -0.39 is 5.82 Å². The van der Waals surface area contributed by atoms with Crippen molar-refractivity contribution in [1.82, 2.24) is 15.0 Å². The molecule has 2 aromatic carbocycles. The highest BCUT2D eigenvalue weighted by Crippen LogP contribution is 2.37. The number of nitrogens with zero attached hydrogens (tertiary/aromatic N) is 4. The maximum absolute atomic E-state index is 14.5. The molecule has 4 rings (SSSR count). The fraction of sp³-hybridized carbons (Fsp3) is 0. The number of pyridine rings is 1. The number of rotatable bonds is 2. The molecule has 0 unspecified atom stereocenters. The largest absolute Gasteiger partial charge is 0.381 e. The Morgan fingerprint density at radius 2 is 1.89 bits per heavy atom. The molecule has 0 amide bonds. The van der Waals surface area contributed by atoms with Crippen molar-refractivity contribution < 1.29 is 4.39 Å². The van der Waals surface area contributed by atoms with Crippen LogP contribution in [0, 0.1) is 17.1 Å². The summed E-state index contributed by atoms with van der Waals surface area (Å²) < 4.78 is 14.5. The summed E-state index contributed by atoms with van der Waals surface area (Å²) >= 11 is 6.22. The molecule has 0 bridgehead atoms. The number of halogens is 2. The van der Waals surface area contributed by atoms with E-state index in [9.17, 15) is 9.65 Å². The molecule has 2 N–H and O–H groups in total. The monoisotopic (exact) mass is 375 g/mol. The van der Waals surface area contributed by atoms with Crippen molar-refractivity contribution >= 4 is 28.3 Å². The number of aromatic nitrogens is 3. The zero-order chi connectivity index (χ0) is 19.0. The molecular formula is C20H11ClFN5. The van der Waals surface area contributed by atoms with Crippen LogP contribution in [0.2, 0.25) is 5.02 Å². The van der Waals surface area contributed by atoms with Crippen molar-refractivity contribution in [3.63, 3.8) is 0 Å². The Kier molecular flexibility index (Phi) is 4.15. The minimum absolute atomic E-state index is 0.0347. The van der Waals surface area contributed by atoms with Crippen LogP contribution in [0.3, 0.4) is 0 Å². The lowest BCUT2D eigenvalue weighted by molar-refractivity contribution is 0.631. The molecule has 0 atom stereocenters. The van der Waals surface area contributed by atoms with Crippen LogP contribution in [0.25, 0.3) is 33.4 Å². The van der Waals surface area contributed by atoms with Crippen LogP contribution in [0.1, 0.15) is 5.69 Å². The molecule has 0 aliphatic rings. The number of hydrogen-bond donors (Lipinski definition) is 1. The van der Waals surface area contributed by atoms with Crippen molar-refractivity contribution in [3.8, 4) is 28.6 Å². The van der Waals surface area contributed by atoms with Gasteiger partial charge in [0.1, 0.15) is 17.6 Å². The van der Waals surface area contributed by atoms with Crippen molar-refractivity contribution in [3.05, 3.63) is 71.3 Å². The second kappa shape index (κ2) is 6.63. The third-order valence-corrected chi connectivity index (χ3v) is 4.42. The molecule has 0 spiro atoms. The van der Waals surface area contributed by atoms with Gasteiger partial charge >= 0.3 is 0 Å². The lowest BCUT2D eigenvalue weighted by Crippen LogP contribution is -2.04. The number of nitriles is 1. The molecule has 0 saturated carbocycles. The van der Waals surface area contributed by atoms with E-state index >= 15 is 0 Å². The predicted molar refractivity (Wildman–Crippen MR) is 102 cm³/mol. The number of anilines is 1. The summed E-state index contributed by atoms with van der Waals surface area (Å²) in [5.74, 6) is -0.636. The Hall–Kier alpha value is -3.56. The Labute approximate surface area is 158 Å². The Morgan fingerprint density at radius 1 is 1.04 bits per heavy atom. The molecule has 27 heavy (non-hydrogen) atoms. The van der Waals surface area contributed by atoms with Gasteiger partial charge in [0.05, 0.1) is 21.8 Å². The first kappa shape index (κ1) is 16.9. The molecule has 0 fully saturated rings. The van der Waals surface area contributed by atoms with Crippen LogP contribution >= 0.6 is 11.6 Å². The fourth-order valence-electron chi connectivity index (χ4n) is 2.85. The fourth-order valence-corrected chi connectivity index (χ4v) is 3.11. The number of fused-ring (bicyclic) bond motifs is 1. The maximum atomic E-state index is 14.5. The summed E-state index contributed by atoms with van der Waals surface area (Å²) in [6, 6.07) is 15.4. The van der Waals surface area contributed by atoms with Gasteiger partial charge in [-0.15, -0.1) is 0 Å². The molecule has 5 nitrogen and oxygen atoms in total. The van der Waals surface area contributed by atoms with E-state index in [2.05, 4.69) is 15.0 Å². The summed E-state index contributed by atoms with van der Waals surface area (Å²) in [6.07, 6.45) is 1.70. The molecule has 0 saturated heterocycles. The lowest BCUT2D eigenvalue weighted by Gasteiger charge is -2.13. The van der Waals surface area contributed by atoms with Gasteiger partial charge in [-0.2, -0.15) is 5.26 Å². The van der Waals surface area contributed by atoms with Gasteiger partial charge < -0.3 is 5.73 Å². The second-order valence-corrected chi connectivity index (χ2v) is 6.18. The van der Waals surface area contributed by atoms with Crippen molar-refractivity contribution in [1.29, 1.82) is 5.26 Å². The summed E-state index contributed by atoms with van der Waals surface area (Å²) in [5.41, 5.74) is 7.83. The zero-order valence-electron chi connectivity index (χ0n) is 13.8. The Morgan fingerprint density at radius 3 is 2.67 bits per heavy atom. The average Bonchev–Trinajstić information content (AvgIpc) is 2.67. The molecule has 0 aliphatic carbocycles.